The maximum atomic E-state index is 12.8. The molecule has 26 heavy (non-hydrogen) atoms. The smallest absolute Gasteiger partial charge is 0.268 e. The topological polar surface area (TPSA) is 71.9 Å². The van der Waals surface area contributed by atoms with Crippen molar-refractivity contribution < 1.29 is 14.3 Å². The molecule has 3 heterocycles. The third-order valence-corrected chi connectivity index (χ3v) is 6.08. The van der Waals surface area contributed by atoms with Crippen LogP contribution in [0.25, 0.3) is 10.1 Å². The van der Waals surface area contributed by atoms with Crippen LogP contribution in [-0.2, 0) is 20.9 Å². The molecule has 2 aromatic rings. The first-order chi connectivity index (χ1) is 12.6. The molecule has 0 bridgehead atoms. The van der Waals surface area contributed by atoms with Crippen LogP contribution in [0.15, 0.2) is 29.1 Å². The highest BCUT2D eigenvalue weighted by Gasteiger charge is 2.37. The molecule has 4 rings (SSSR count). The van der Waals surface area contributed by atoms with E-state index in [4.69, 9.17) is 4.74 Å². The van der Waals surface area contributed by atoms with Gasteiger partial charge in [0.05, 0.1) is 23.3 Å². The Morgan fingerprint density at radius 3 is 2.69 bits per heavy atom. The van der Waals surface area contributed by atoms with E-state index in [-0.39, 0.29) is 23.9 Å². The summed E-state index contributed by atoms with van der Waals surface area (Å²) in [5, 5.41) is 0.632. The van der Waals surface area contributed by atoms with E-state index in [9.17, 15) is 14.4 Å². The van der Waals surface area contributed by atoms with Crippen LogP contribution >= 0.6 is 11.5 Å². The summed E-state index contributed by atoms with van der Waals surface area (Å²) in [6.07, 6.45) is 1.50. The maximum Gasteiger partial charge on any atom is 0.268 e. The van der Waals surface area contributed by atoms with Crippen molar-refractivity contribution in [2.75, 3.05) is 32.8 Å². The highest BCUT2D eigenvalue weighted by molar-refractivity contribution is 7.13. The molecule has 1 aromatic heterocycles. The van der Waals surface area contributed by atoms with Crippen LogP contribution in [0.2, 0.25) is 0 Å². The number of hydrogen-bond donors (Lipinski definition) is 0. The minimum absolute atomic E-state index is 0.00263. The minimum atomic E-state index is -0.411. The molecule has 2 aliphatic heterocycles. The summed E-state index contributed by atoms with van der Waals surface area (Å²) in [5.74, 6) is -0.161. The first-order valence-electron chi connectivity index (χ1n) is 8.90. The Kier molecular flexibility index (Phi) is 4.78. The average Bonchev–Trinajstić information content (AvgIpc) is 3.28. The van der Waals surface area contributed by atoms with Crippen LogP contribution in [0.3, 0.4) is 0 Å². The number of fused-ring (bicyclic) bond motifs is 1. The molecule has 0 aliphatic carbocycles. The fraction of sp³-hybridized carbons (Fsp3) is 0.500. The zero-order chi connectivity index (χ0) is 18.1. The lowest BCUT2D eigenvalue weighted by Gasteiger charge is -2.32. The number of benzene rings is 1. The number of carbonyl (C=O) groups excluding carboxylic acids is 2. The first-order valence-corrected chi connectivity index (χ1v) is 9.67. The lowest BCUT2D eigenvalue weighted by atomic mass is 10.2. The van der Waals surface area contributed by atoms with Gasteiger partial charge in [-0.3, -0.25) is 18.3 Å². The maximum absolute atomic E-state index is 12.8. The monoisotopic (exact) mass is 375 g/mol. The Balaban J connectivity index is 1.50. The van der Waals surface area contributed by atoms with E-state index in [1.807, 2.05) is 18.2 Å². The molecule has 2 saturated heterocycles. The summed E-state index contributed by atoms with van der Waals surface area (Å²) >= 11 is 1.29. The molecule has 2 amide bonds. The standard InChI is InChI=1S/C18H21N3O4S/c22-16(12-21-17(23)13-4-1-2-6-15(13)26-21)20-7-3-5-14(20)18(24)19-8-10-25-11-9-19/h1-2,4,6,14H,3,5,7-12H2/t14-/m0/s1. The average molecular weight is 375 g/mol. The molecular formula is C18H21N3O4S. The number of morpholine rings is 1. The number of rotatable bonds is 3. The molecule has 2 fully saturated rings. The quantitative estimate of drug-likeness (QED) is 0.800. The molecule has 1 aromatic carbocycles. The van der Waals surface area contributed by atoms with Crippen molar-refractivity contribution in [2.45, 2.75) is 25.4 Å². The van der Waals surface area contributed by atoms with E-state index in [1.54, 1.807) is 15.9 Å². The number of likely N-dealkylation sites (tertiary alicyclic amines) is 1. The predicted octanol–water partition coefficient (Wildman–Crippen LogP) is 0.913. The molecule has 0 N–H and O–H groups in total. The van der Waals surface area contributed by atoms with Gasteiger partial charge in [-0.05, 0) is 25.0 Å². The van der Waals surface area contributed by atoms with Gasteiger partial charge in [-0.2, -0.15) is 0 Å². The number of ether oxygens (including phenoxy) is 1. The molecule has 8 heteroatoms. The van der Waals surface area contributed by atoms with Gasteiger partial charge in [-0.25, -0.2) is 0 Å². The van der Waals surface area contributed by atoms with Crippen molar-refractivity contribution in [3.05, 3.63) is 34.6 Å². The minimum Gasteiger partial charge on any atom is -0.378 e. The Bertz CT molecular complexity index is 884. The molecule has 0 unspecified atom stereocenters. The van der Waals surface area contributed by atoms with E-state index >= 15 is 0 Å². The number of nitrogens with zero attached hydrogens (tertiary/aromatic N) is 3. The lowest BCUT2D eigenvalue weighted by molar-refractivity contribution is -0.146. The summed E-state index contributed by atoms with van der Waals surface area (Å²) in [5.41, 5.74) is -0.144. The van der Waals surface area contributed by atoms with Gasteiger partial charge in [0.2, 0.25) is 11.8 Å². The van der Waals surface area contributed by atoms with Gasteiger partial charge in [-0.1, -0.05) is 23.7 Å². The molecule has 1 atom stereocenters. The van der Waals surface area contributed by atoms with Crippen LogP contribution in [0.1, 0.15) is 12.8 Å². The van der Waals surface area contributed by atoms with Crippen LogP contribution in [0.5, 0.6) is 0 Å². The second-order valence-electron chi connectivity index (χ2n) is 6.61. The first kappa shape index (κ1) is 17.2. The molecule has 0 saturated carbocycles. The SMILES string of the molecule is O=C([C@@H]1CCCN1C(=O)Cn1sc2ccccc2c1=O)N1CCOCC1. The van der Waals surface area contributed by atoms with Crippen molar-refractivity contribution in [3.8, 4) is 0 Å². The van der Waals surface area contributed by atoms with Gasteiger partial charge in [0.25, 0.3) is 5.56 Å². The molecular weight excluding hydrogens is 354 g/mol. The Morgan fingerprint density at radius 1 is 1.15 bits per heavy atom. The second kappa shape index (κ2) is 7.20. The van der Waals surface area contributed by atoms with Crippen molar-refractivity contribution in [2.24, 2.45) is 0 Å². The van der Waals surface area contributed by atoms with Crippen LogP contribution < -0.4 is 5.56 Å². The second-order valence-corrected chi connectivity index (χ2v) is 7.68. The molecule has 2 aliphatic rings. The van der Waals surface area contributed by atoms with E-state index < -0.39 is 6.04 Å². The molecule has 0 spiro atoms. The van der Waals surface area contributed by atoms with Gasteiger partial charge < -0.3 is 14.5 Å². The number of carbonyl (C=O) groups is 2. The number of aromatic nitrogens is 1. The third kappa shape index (κ3) is 3.14. The van der Waals surface area contributed by atoms with Crippen LogP contribution in [-0.4, -0.2) is 64.5 Å². The number of hydrogen-bond acceptors (Lipinski definition) is 5. The Hall–Kier alpha value is -2.19. The highest BCUT2D eigenvalue weighted by Crippen LogP contribution is 2.22. The largest absolute Gasteiger partial charge is 0.378 e. The zero-order valence-corrected chi connectivity index (χ0v) is 15.2. The van der Waals surface area contributed by atoms with E-state index in [0.717, 1.165) is 11.1 Å². The molecule has 0 radical (unpaired) electrons. The van der Waals surface area contributed by atoms with E-state index in [0.29, 0.717) is 44.7 Å². The van der Waals surface area contributed by atoms with E-state index in [1.165, 1.54) is 15.5 Å². The third-order valence-electron chi connectivity index (χ3n) is 5.01. The molecule has 138 valence electrons. The predicted molar refractivity (Wildman–Crippen MR) is 98.2 cm³/mol. The Morgan fingerprint density at radius 2 is 1.92 bits per heavy atom. The van der Waals surface area contributed by atoms with Gasteiger partial charge in [0.15, 0.2) is 0 Å². The summed E-state index contributed by atoms with van der Waals surface area (Å²) in [4.78, 5) is 41.5. The van der Waals surface area contributed by atoms with Crippen molar-refractivity contribution >= 4 is 33.4 Å². The van der Waals surface area contributed by atoms with Gasteiger partial charge in [0, 0.05) is 19.6 Å². The normalized spacial score (nSPS) is 20.7. The van der Waals surface area contributed by atoms with Crippen molar-refractivity contribution in [1.82, 2.24) is 13.8 Å². The summed E-state index contributed by atoms with van der Waals surface area (Å²) in [6, 6.07) is 6.94. The summed E-state index contributed by atoms with van der Waals surface area (Å²) < 4.78 is 7.65. The fourth-order valence-corrected chi connectivity index (χ4v) is 4.64. The van der Waals surface area contributed by atoms with E-state index in [2.05, 4.69) is 0 Å². The fourth-order valence-electron chi connectivity index (χ4n) is 3.65. The van der Waals surface area contributed by atoms with Crippen molar-refractivity contribution in [1.29, 1.82) is 0 Å². The molecule has 7 nitrogen and oxygen atoms in total. The van der Waals surface area contributed by atoms with Gasteiger partial charge >= 0.3 is 0 Å². The van der Waals surface area contributed by atoms with Crippen LogP contribution in [0, 0.1) is 0 Å². The van der Waals surface area contributed by atoms with Gasteiger partial charge in [-0.15, -0.1) is 0 Å². The Labute approximate surface area is 154 Å². The zero-order valence-electron chi connectivity index (χ0n) is 14.4. The highest BCUT2D eigenvalue weighted by atomic mass is 32.1. The van der Waals surface area contributed by atoms with Crippen LogP contribution in [0.4, 0.5) is 0 Å². The summed E-state index contributed by atoms with van der Waals surface area (Å²) in [6.45, 7) is 2.80. The van der Waals surface area contributed by atoms with Crippen molar-refractivity contribution in [3.63, 3.8) is 0 Å². The number of amides is 2. The summed E-state index contributed by atoms with van der Waals surface area (Å²) in [7, 11) is 0. The van der Waals surface area contributed by atoms with Gasteiger partial charge in [0.1, 0.15) is 12.6 Å². The lowest BCUT2D eigenvalue weighted by Crippen LogP contribution is -2.51.